The predicted octanol–water partition coefficient (Wildman–Crippen LogP) is 3.59. The lowest BCUT2D eigenvalue weighted by molar-refractivity contribution is -0.380. The lowest BCUT2D eigenvalue weighted by Crippen LogP contribution is -2.32. The van der Waals surface area contributed by atoms with E-state index < -0.39 is 16.7 Å². The van der Waals surface area contributed by atoms with Crippen molar-refractivity contribution in [3.8, 4) is 11.5 Å². The minimum Gasteiger partial charge on any atom is -0.493 e. The molecule has 11 heteroatoms. The van der Waals surface area contributed by atoms with E-state index in [0.29, 0.717) is 27.5 Å². The molecule has 0 aliphatic rings. The molecular weight excluding hydrogens is 460 g/mol. The molecule has 0 aliphatic heterocycles. The van der Waals surface area contributed by atoms with Crippen molar-refractivity contribution in [2.45, 2.75) is 0 Å². The Hall–Kier alpha value is -4.51. The molecule has 0 fully saturated rings. The van der Waals surface area contributed by atoms with Gasteiger partial charge >= 0.3 is 5.00 Å². The van der Waals surface area contributed by atoms with Crippen LogP contribution in [0.4, 0.5) is 5.00 Å². The summed E-state index contributed by atoms with van der Waals surface area (Å²) < 4.78 is 10.5. The summed E-state index contributed by atoms with van der Waals surface area (Å²) in [5.74, 6) is -0.224. The van der Waals surface area contributed by atoms with Crippen molar-refractivity contribution in [1.82, 2.24) is 10.7 Å². The van der Waals surface area contributed by atoms with Gasteiger partial charge in [0.05, 0.1) is 30.2 Å². The molecule has 0 aliphatic carbocycles. The minimum atomic E-state index is -0.693. The summed E-state index contributed by atoms with van der Waals surface area (Å²) in [5.41, 5.74) is 3.18. The fourth-order valence-corrected chi connectivity index (χ4v) is 3.47. The van der Waals surface area contributed by atoms with E-state index in [2.05, 4.69) is 15.8 Å². The maximum absolute atomic E-state index is 12.8. The van der Waals surface area contributed by atoms with Crippen LogP contribution < -0.4 is 20.2 Å². The fraction of sp³-hybridized carbons (Fsp3) is 0.0870. The van der Waals surface area contributed by atoms with Crippen LogP contribution in [-0.4, -0.2) is 37.2 Å². The molecule has 0 radical (unpaired) electrons. The number of hydrogen-bond acceptors (Lipinski definition) is 8. The molecule has 34 heavy (non-hydrogen) atoms. The van der Waals surface area contributed by atoms with Gasteiger partial charge in [-0.2, -0.15) is 5.10 Å². The van der Waals surface area contributed by atoms with Crippen LogP contribution in [0.1, 0.15) is 20.8 Å². The number of benzene rings is 2. The van der Waals surface area contributed by atoms with Gasteiger partial charge in [-0.15, -0.1) is 0 Å². The van der Waals surface area contributed by atoms with Crippen LogP contribution >= 0.6 is 11.3 Å². The Labute approximate surface area is 198 Å². The Morgan fingerprint density at radius 2 is 1.76 bits per heavy atom. The van der Waals surface area contributed by atoms with E-state index in [-0.39, 0.29) is 10.7 Å². The molecule has 3 aromatic rings. The number of carbonyl (C=O) groups is 2. The third-order valence-corrected chi connectivity index (χ3v) is 5.37. The van der Waals surface area contributed by atoms with E-state index in [1.807, 2.05) is 0 Å². The number of methoxy groups -OCH3 is 2. The van der Waals surface area contributed by atoms with E-state index in [0.717, 1.165) is 11.3 Å². The fourth-order valence-electron chi connectivity index (χ4n) is 2.78. The molecule has 2 N–H and O–H groups in total. The maximum Gasteiger partial charge on any atom is 0.324 e. The molecule has 0 spiro atoms. The molecule has 1 heterocycles. The van der Waals surface area contributed by atoms with Crippen molar-refractivity contribution in [3.63, 3.8) is 0 Å². The second-order valence-corrected chi connectivity index (χ2v) is 7.72. The summed E-state index contributed by atoms with van der Waals surface area (Å²) in [5, 5.41) is 17.2. The predicted molar refractivity (Wildman–Crippen MR) is 128 cm³/mol. The normalized spacial score (nSPS) is 11.2. The monoisotopic (exact) mass is 480 g/mol. The van der Waals surface area contributed by atoms with Gasteiger partial charge in [-0.05, 0) is 42.0 Å². The molecule has 1 aromatic heterocycles. The SMILES string of the molecule is COc1ccc(C=C(NC(=O)c2ccccc2)C(=O)NN=Cc2ccc([N+](=O)[O-])s2)cc1OC. The number of carbonyl (C=O) groups excluding carboxylic acids is 2. The zero-order valence-corrected chi connectivity index (χ0v) is 19.0. The number of nitro groups is 1. The second-order valence-electron chi connectivity index (χ2n) is 6.62. The molecule has 0 saturated heterocycles. The second kappa shape index (κ2) is 11.4. The largest absolute Gasteiger partial charge is 0.493 e. The van der Waals surface area contributed by atoms with Crippen LogP contribution in [0.25, 0.3) is 6.08 Å². The quantitative estimate of drug-likeness (QED) is 0.208. The number of hydrogen-bond donors (Lipinski definition) is 2. The van der Waals surface area contributed by atoms with Crippen LogP contribution in [0.2, 0.25) is 0 Å². The third kappa shape index (κ3) is 6.26. The van der Waals surface area contributed by atoms with Gasteiger partial charge < -0.3 is 14.8 Å². The van der Waals surface area contributed by atoms with Crippen molar-refractivity contribution < 1.29 is 24.0 Å². The maximum atomic E-state index is 12.8. The van der Waals surface area contributed by atoms with Crippen LogP contribution in [0.3, 0.4) is 0 Å². The minimum absolute atomic E-state index is 0.0445. The first-order valence-electron chi connectivity index (χ1n) is 9.79. The molecule has 0 unspecified atom stereocenters. The Balaban J connectivity index is 1.84. The topological polar surface area (TPSA) is 132 Å². The van der Waals surface area contributed by atoms with Gasteiger partial charge in [-0.1, -0.05) is 35.6 Å². The Kier molecular flexibility index (Phi) is 8.08. The average Bonchev–Trinajstić information content (AvgIpc) is 3.33. The highest BCUT2D eigenvalue weighted by molar-refractivity contribution is 7.16. The smallest absolute Gasteiger partial charge is 0.324 e. The Morgan fingerprint density at radius 1 is 1.03 bits per heavy atom. The highest BCUT2D eigenvalue weighted by Crippen LogP contribution is 2.28. The van der Waals surface area contributed by atoms with E-state index in [9.17, 15) is 19.7 Å². The van der Waals surface area contributed by atoms with Gasteiger partial charge in [0, 0.05) is 11.6 Å². The van der Waals surface area contributed by atoms with Gasteiger partial charge in [-0.25, -0.2) is 5.43 Å². The van der Waals surface area contributed by atoms with Crippen molar-refractivity contribution in [2.24, 2.45) is 5.10 Å². The summed E-state index contributed by atoms with van der Waals surface area (Å²) in [6, 6.07) is 16.3. The average molecular weight is 481 g/mol. The molecule has 2 amide bonds. The highest BCUT2D eigenvalue weighted by atomic mass is 32.1. The van der Waals surface area contributed by atoms with Crippen LogP contribution in [0.15, 0.2) is 71.5 Å². The molecule has 0 bridgehead atoms. The number of ether oxygens (including phenoxy) is 2. The molecule has 0 atom stereocenters. The van der Waals surface area contributed by atoms with Gasteiger partial charge in [0.15, 0.2) is 11.5 Å². The number of nitrogens with zero attached hydrogens (tertiary/aromatic N) is 2. The van der Waals surface area contributed by atoms with Crippen molar-refractivity contribution >= 4 is 40.4 Å². The Bertz CT molecular complexity index is 1250. The summed E-state index contributed by atoms with van der Waals surface area (Å²) in [7, 11) is 2.99. The van der Waals surface area contributed by atoms with Gasteiger partial charge in [0.25, 0.3) is 11.8 Å². The van der Waals surface area contributed by atoms with Crippen LogP contribution in [0, 0.1) is 10.1 Å². The summed E-state index contributed by atoms with van der Waals surface area (Å²) >= 11 is 0.909. The highest BCUT2D eigenvalue weighted by Gasteiger charge is 2.15. The first-order chi connectivity index (χ1) is 16.4. The zero-order chi connectivity index (χ0) is 24.5. The van der Waals surface area contributed by atoms with Crippen LogP contribution in [-0.2, 0) is 4.79 Å². The van der Waals surface area contributed by atoms with Gasteiger partial charge in [-0.3, -0.25) is 19.7 Å². The van der Waals surface area contributed by atoms with E-state index >= 15 is 0 Å². The van der Waals surface area contributed by atoms with Gasteiger partial charge in [0.1, 0.15) is 5.70 Å². The lowest BCUT2D eigenvalue weighted by atomic mass is 10.1. The number of hydrazone groups is 1. The number of rotatable bonds is 9. The number of thiophene rings is 1. The molecule has 10 nitrogen and oxygen atoms in total. The summed E-state index contributed by atoms with van der Waals surface area (Å²) in [4.78, 5) is 36.3. The van der Waals surface area contributed by atoms with E-state index in [4.69, 9.17) is 9.47 Å². The van der Waals surface area contributed by atoms with Crippen molar-refractivity contribution in [1.29, 1.82) is 0 Å². The summed E-state index contributed by atoms with van der Waals surface area (Å²) in [6.07, 6.45) is 2.74. The van der Waals surface area contributed by atoms with Crippen LogP contribution in [0.5, 0.6) is 11.5 Å². The molecule has 174 valence electrons. The first-order valence-corrected chi connectivity index (χ1v) is 10.6. The third-order valence-electron chi connectivity index (χ3n) is 4.40. The zero-order valence-electron chi connectivity index (χ0n) is 18.2. The van der Waals surface area contributed by atoms with Crippen molar-refractivity contribution in [3.05, 3.63) is 92.5 Å². The first kappa shape index (κ1) is 24.1. The molecular formula is C23H20N4O6S. The number of nitrogens with one attached hydrogen (secondary N) is 2. The molecule has 0 saturated carbocycles. The van der Waals surface area contributed by atoms with E-state index in [1.165, 1.54) is 38.6 Å². The van der Waals surface area contributed by atoms with E-state index in [1.54, 1.807) is 48.5 Å². The standard InChI is InChI=1S/C23H20N4O6S/c1-32-19-10-8-15(13-20(19)33-2)12-18(25-22(28)16-6-4-3-5-7-16)23(29)26-24-14-17-9-11-21(34-17)27(30)31/h3-14H,1-2H3,(H,25,28)(H,26,29). The lowest BCUT2D eigenvalue weighted by Gasteiger charge is -2.11. The van der Waals surface area contributed by atoms with Crippen molar-refractivity contribution in [2.75, 3.05) is 14.2 Å². The molecule has 2 aromatic carbocycles. The van der Waals surface area contributed by atoms with Gasteiger partial charge in [0.2, 0.25) is 0 Å². The number of amides is 2. The molecule has 3 rings (SSSR count). The summed E-state index contributed by atoms with van der Waals surface area (Å²) in [6.45, 7) is 0. The Morgan fingerprint density at radius 3 is 2.41 bits per heavy atom.